The highest BCUT2D eigenvalue weighted by atomic mass is 32.2. The summed E-state index contributed by atoms with van der Waals surface area (Å²) < 4.78 is 16.9. The van der Waals surface area contributed by atoms with Crippen LogP contribution in [-0.2, 0) is 9.59 Å². The fraction of sp³-hybridized carbons (Fsp3) is 0.360. The van der Waals surface area contributed by atoms with Crippen LogP contribution >= 0.6 is 11.8 Å². The molecule has 1 aromatic carbocycles. The van der Waals surface area contributed by atoms with Crippen LogP contribution in [0.15, 0.2) is 39.1 Å². The van der Waals surface area contributed by atoms with Crippen molar-refractivity contribution in [3.8, 4) is 0 Å². The van der Waals surface area contributed by atoms with Crippen LogP contribution in [0.4, 0.5) is 15.9 Å². The number of carbonyl (C=O) groups is 3. The third-order valence-electron chi connectivity index (χ3n) is 6.60. The molecule has 0 spiro atoms. The van der Waals surface area contributed by atoms with Crippen molar-refractivity contribution in [3.05, 3.63) is 56.4 Å². The van der Waals surface area contributed by atoms with Crippen molar-refractivity contribution in [2.75, 3.05) is 42.1 Å². The molecule has 12 nitrogen and oxygen atoms in total. The molecular formula is C25H25FN6O6S. The molecule has 1 saturated carbocycles. The summed E-state index contributed by atoms with van der Waals surface area (Å²) >= 11 is 1.04. The van der Waals surface area contributed by atoms with E-state index in [-0.39, 0.29) is 51.2 Å². The molecule has 39 heavy (non-hydrogen) atoms. The molecule has 14 heteroatoms. The third-order valence-corrected chi connectivity index (χ3v) is 7.46. The van der Waals surface area contributed by atoms with Gasteiger partial charge in [0.05, 0.1) is 17.0 Å². The number of carboxylic acids is 1. The number of thioether (sulfide) groups is 1. The molecule has 5 rings (SSSR count). The Hall–Kier alpha value is -4.20. The van der Waals surface area contributed by atoms with Crippen molar-refractivity contribution >= 4 is 52.0 Å². The lowest BCUT2D eigenvalue weighted by Crippen LogP contribution is -2.49. The molecule has 3 aromatic rings. The van der Waals surface area contributed by atoms with E-state index in [4.69, 9.17) is 0 Å². The maximum absolute atomic E-state index is 15.2. The maximum Gasteiger partial charge on any atom is 0.341 e. The van der Waals surface area contributed by atoms with Gasteiger partial charge in [-0.25, -0.2) is 14.2 Å². The number of fused-ring (bicyclic) bond motifs is 1. The Balaban J connectivity index is 1.28. The number of anilines is 2. The number of benzene rings is 1. The van der Waals surface area contributed by atoms with Crippen LogP contribution in [-0.4, -0.2) is 74.3 Å². The van der Waals surface area contributed by atoms with Gasteiger partial charge in [-0.15, -0.1) is 0 Å². The number of pyridine rings is 1. The highest BCUT2D eigenvalue weighted by Gasteiger charge is 2.29. The van der Waals surface area contributed by atoms with Crippen molar-refractivity contribution in [2.45, 2.75) is 31.0 Å². The topological polar surface area (TPSA) is 158 Å². The smallest absolute Gasteiger partial charge is 0.341 e. The predicted molar refractivity (Wildman–Crippen MR) is 142 cm³/mol. The number of rotatable bonds is 7. The molecule has 0 radical (unpaired) electrons. The number of carboxylic acid groups (broad SMARTS) is 1. The monoisotopic (exact) mass is 556 g/mol. The van der Waals surface area contributed by atoms with Gasteiger partial charge in [-0.3, -0.25) is 19.2 Å². The van der Waals surface area contributed by atoms with Crippen LogP contribution in [0.25, 0.3) is 10.9 Å². The summed E-state index contributed by atoms with van der Waals surface area (Å²) in [6.45, 7) is 2.67. The van der Waals surface area contributed by atoms with Gasteiger partial charge in [0.1, 0.15) is 17.2 Å². The second-order valence-electron chi connectivity index (χ2n) is 9.41. The Bertz CT molecular complexity index is 1610. The zero-order valence-electron chi connectivity index (χ0n) is 20.9. The molecule has 1 saturated heterocycles. The van der Waals surface area contributed by atoms with Crippen molar-refractivity contribution in [2.24, 2.45) is 0 Å². The Labute approximate surface area is 224 Å². The number of hydrogen-bond donors (Lipinski definition) is 3. The van der Waals surface area contributed by atoms with Gasteiger partial charge in [0.2, 0.25) is 17.2 Å². The van der Waals surface area contributed by atoms with Gasteiger partial charge in [0, 0.05) is 56.8 Å². The van der Waals surface area contributed by atoms with E-state index in [9.17, 15) is 29.1 Å². The number of carbonyl (C=O) groups excluding carboxylic acids is 2. The van der Waals surface area contributed by atoms with Gasteiger partial charge >= 0.3 is 5.97 Å². The molecule has 2 aromatic heterocycles. The number of nitrogens with one attached hydrogen (secondary N) is 2. The minimum Gasteiger partial charge on any atom is -0.477 e. The first-order valence-corrected chi connectivity index (χ1v) is 13.3. The van der Waals surface area contributed by atoms with Gasteiger partial charge in [-0.2, -0.15) is 0 Å². The largest absolute Gasteiger partial charge is 0.477 e. The first-order chi connectivity index (χ1) is 18.6. The van der Waals surface area contributed by atoms with Gasteiger partial charge in [0.15, 0.2) is 5.16 Å². The number of piperazine rings is 1. The fourth-order valence-corrected chi connectivity index (χ4v) is 5.35. The Kier molecular flexibility index (Phi) is 7.12. The second kappa shape index (κ2) is 10.5. The number of amides is 2. The second-order valence-corrected chi connectivity index (χ2v) is 10.4. The SMILES string of the molecule is CC(=O)Nc1cc(=O)[nH]c(SCC(=O)N2CCN(c3cc4c(cc3F)c(=O)c(C(=O)O)cn4C3CC3)CC2)n1. The number of hydrogen-bond acceptors (Lipinski definition) is 8. The summed E-state index contributed by atoms with van der Waals surface area (Å²) in [5, 5.41) is 12.1. The Morgan fingerprint density at radius 2 is 1.87 bits per heavy atom. The molecule has 3 heterocycles. The van der Waals surface area contributed by atoms with E-state index >= 15 is 4.39 Å². The molecule has 0 unspecified atom stereocenters. The molecule has 0 bridgehead atoms. The van der Waals surface area contributed by atoms with Crippen LogP contribution in [0.2, 0.25) is 0 Å². The molecule has 0 atom stereocenters. The normalized spacial score (nSPS) is 15.4. The average molecular weight is 557 g/mol. The number of aromatic nitrogens is 3. The van der Waals surface area contributed by atoms with E-state index in [0.29, 0.717) is 31.7 Å². The molecular weight excluding hydrogens is 531 g/mol. The van der Waals surface area contributed by atoms with E-state index < -0.39 is 22.8 Å². The maximum atomic E-state index is 15.2. The highest BCUT2D eigenvalue weighted by molar-refractivity contribution is 7.99. The van der Waals surface area contributed by atoms with Crippen molar-refractivity contribution in [3.63, 3.8) is 0 Å². The first kappa shape index (κ1) is 26.4. The fourth-order valence-electron chi connectivity index (χ4n) is 4.57. The van der Waals surface area contributed by atoms with Gasteiger partial charge < -0.3 is 29.8 Å². The minimum atomic E-state index is -1.35. The van der Waals surface area contributed by atoms with E-state index in [1.807, 2.05) is 0 Å². The summed E-state index contributed by atoms with van der Waals surface area (Å²) in [7, 11) is 0. The minimum absolute atomic E-state index is 0.0103. The lowest BCUT2D eigenvalue weighted by atomic mass is 10.1. The van der Waals surface area contributed by atoms with Crippen molar-refractivity contribution in [1.29, 1.82) is 0 Å². The van der Waals surface area contributed by atoms with Crippen LogP contribution in [0.5, 0.6) is 0 Å². The van der Waals surface area contributed by atoms with Gasteiger partial charge in [-0.1, -0.05) is 11.8 Å². The van der Waals surface area contributed by atoms with Crippen LogP contribution in [0.3, 0.4) is 0 Å². The zero-order chi connectivity index (χ0) is 27.8. The first-order valence-electron chi connectivity index (χ1n) is 12.3. The Morgan fingerprint density at radius 1 is 1.15 bits per heavy atom. The van der Waals surface area contributed by atoms with E-state index in [1.54, 1.807) is 20.4 Å². The average Bonchev–Trinajstić information content (AvgIpc) is 3.72. The number of aromatic amines is 1. The molecule has 2 fully saturated rings. The number of H-pyrrole nitrogens is 1. The number of nitrogens with zero attached hydrogens (tertiary/aromatic N) is 4. The van der Waals surface area contributed by atoms with Crippen LogP contribution < -0.4 is 21.2 Å². The molecule has 2 aliphatic rings. The van der Waals surface area contributed by atoms with Crippen molar-refractivity contribution < 1.29 is 23.9 Å². The highest BCUT2D eigenvalue weighted by Crippen LogP contribution is 2.38. The molecule has 3 N–H and O–H groups in total. The summed E-state index contributed by atoms with van der Waals surface area (Å²) in [6, 6.07) is 3.91. The Morgan fingerprint density at radius 3 is 2.51 bits per heavy atom. The lowest BCUT2D eigenvalue weighted by Gasteiger charge is -2.36. The van der Waals surface area contributed by atoms with Crippen LogP contribution in [0, 0.1) is 5.82 Å². The summed E-state index contributed by atoms with van der Waals surface area (Å²) in [5.41, 5.74) is -0.779. The predicted octanol–water partition coefficient (Wildman–Crippen LogP) is 1.66. The van der Waals surface area contributed by atoms with Crippen molar-refractivity contribution in [1.82, 2.24) is 19.4 Å². The summed E-state index contributed by atoms with van der Waals surface area (Å²) in [4.78, 5) is 70.2. The molecule has 204 valence electrons. The van der Waals surface area contributed by atoms with Gasteiger partial charge in [0.25, 0.3) is 5.56 Å². The standard InChI is InChI=1S/C25H25FN6O6S/c1-13(33)27-20-10-21(34)29-25(28-20)39-12-22(35)31-6-4-30(5-7-31)19-9-18-15(8-17(19)26)23(36)16(24(37)38)11-32(18)14-2-3-14/h8-11,14H,2-7,12H2,1H3,(H,37,38)(H2,27,28,29,33,34). The quantitative estimate of drug-likeness (QED) is 0.291. The van der Waals surface area contributed by atoms with Crippen LogP contribution in [0.1, 0.15) is 36.2 Å². The van der Waals surface area contributed by atoms with Gasteiger partial charge in [-0.05, 0) is 25.0 Å². The molecule has 2 amide bonds. The van der Waals surface area contributed by atoms with E-state index in [0.717, 1.165) is 36.7 Å². The third kappa shape index (κ3) is 5.65. The van der Waals surface area contributed by atoms with E-state index in [2.05, 4.69) is 15.3 Å². The lowest BCUT2D eigenvalue weighted by molar-refractivity contribution is -0.128. The molecule has 1 aliphatic carbocycles. The van der Waals surface area contributed by atoms with E-state index in [1.165, 1.54) is 13.1 Å². The number of halogens is 1. The summed E-state index contributed by atoms with van der Waals surface area (Å²) in [5.74, 6) is -2.43. The summed E-state index contributed by atoms with van der Waals surface area (Å²) in [6.07, 6.45) is 3.04. The number of aromatic carboxylic acids is 1. The zero-order valence-corrected chi connectivity index (χ0v) is 21.7. The molecule has 1 aliphatic heterocycles.